The summed E-state index contributed by atoms with van der Waals surface area (Å²) in [5, 5.41) is 6.61. The highest BCUT2D eigenvalue weighted by molar-refractivity contribution is 5.92. The van der Waals surface area contributed by atoms with E-state index in [1.54, 1.807) is 12.1 Å². The number of nitrogens with one attached hydrogen (secondary N) is 1. The number of nitrogens with zero attached hydrogens (tertiary/aromatic N) is 2. The van der Waals surface area contributed by atoms with Crippen molar-refractivity contribution in [2.75, 3.05) is 5.32 Å². The van der Waals surface area contributed by atoms with Crippen LogP contribution in [0.1, 0.15) is 17.0 Å². The van der Waals surface area contributed by atoms with Crippen LogP contribution in [0.4, 0.5) is 10.1 Å². The SMILES string of the molecule is Cc1ccc(C)c(NC(=O)Cc2noc(-c3cccc(F)c3)n2)c1. The number of carbonyl (C=O) groups is 1. The lowest BCUT2D eigenvalue weighted by molar-refractivity contribution is -0.115. The quantitative estimate of drug-likeness (QED) is 0.794. The van der Waals surface area contributed by atoms with Gasteiger partial charge in [0.15, 0.2) is 5.82 Å². The van der Waals surface area contributed by atoms with Gasteiger partial charge in [-0.05, 0) is 49.2 Å². The number of rotatable bonds is 4. The summed E-state index contributed by atoms with van der Waals surface area (Å²) in [6.45, 7) is 3.88. The molecule has 0 aliphatic heterocycles. The first kappa shape index (κ1) is 15.9. The summed E-state index contributed by atoms with van der Waals surface area (Å²) in [5.74, 6) is -0.198. The predicted octanol–water partition coefficient (Wildman–Crippen LogP) is 3.67. The van der Waals surface area contributed by atoms with Crippen LogP contribution in [0.2, 0.25) is 0 Å². The van der Waals surface area contributed by atoms with Crippen LogP contribution in [-0.4, -0.2) is 16.0 Å². The van der Waals surface area contributed by atoms with E-state index < -0.39 is 0 Å². The summed E-state index contributed by atoms with van der Waals surface area (Å²) >= 11 is 0. The molecule has 3 aromatic rings. The molecule has 0 unspecified atom stereocenters. The molecule has 24 heavy (non-hydrogen) atoms. The van der Waals surface area contributed by atoms with Crippen LogP contribution in [0.25, 0.3) is 11.5 Å². The Hall–Kier alpha value is -3.02. The molecule has 0 radical (unpaired) electrons. The van der Waals surface area contributed by atoms with E-state index in [4.69, 9.17) is 4.52 Å². The number of aryl methyl sites for hydroxylation is 2. The summed E-state index contributed by atoms with van der Waals surface area (Å²) in [4.78, 5) is 16.3. The number of anilines is 1. The maximum absolute atomic E-state index is 13.2. The molecular formula is C18H16FN3O2. The Kier molecular flexibility index (Phi) is 4.37. The molecule has 0 spiro atoms. The van der Waals surface area contributed by atoms with Crippen molar-refractivity contribution in [2.45, 2.75) is 20.3 Å². The minimum Gasteiger partial charge on any atom is -0.334 e. The summed E-state index contributed by atoms with van der Waals surface area (Å²) in [5.41, 5.74) is 3.27. The minimum absolute atomic E-state index is 0.0216. The summed E-state index contributed by atoms with van der Waals surface area (Å²) in [7, 11) is 0. The first-order valence-electron chi connectivity index (χ1n) is 7.47. The molecule has 0 saturated carbocycles. The van der Waals surface area contributed by atoms with Crippen molar-refractivity contribution in [3.05, 3.63) is 65.2 Å². The van der Waals surface area contributed by atoms with Crippen LogP contribution in [0.3, 0.4) is 0 Å². The number of carbonyl (C=O) groups excluding carboxylic acids is 1. The third-order valence-corrected chi connectivity index (χ3v) is 3.53. The fraction of sp³-hybridized carbons (Fsp3) is 0.167. The molecule has 1 heterocycles. The largest absolute Gasteiger partial charge is 0.334 e. The van der Waals surface area contributed by atoms with Gasteiger partial charge in [0.05, 0.1) is 6.42 Å². The van der Waals surface area contributed by atoms with E-state index >= 15 is 0 Å². The average molecular weight is 325 g/mol. The standard InChI is InChI=1S/C18H16FN3O2/c1-11-6-7-12(2)15(8-11)20-17(23)10-16-21-18(24-22-16)13-4-3-5-14(19)9-13/h3-9H,10H2,1-2H3,(H,20,23). The second-order valence-corrected chi connectivity index (χ2v) is 5.57. The molecule has 1 N–H and O–H groups in total. The van der Waals surface area contributed by atoms with E-state index in [1.807, 2.05) is 32.0 Å². The first-order chi connectivity index (χ1) is 11.5. The van der Waals surface area contributed by atoms with Crippen LogP contribution in [0, 0.1) is 19.7 Å². The topological polar surface area (TPSA) is 68.0 Å². The second kappa shape index (κ2) is 6.62. The highest BCUT2D eigenvalue weighted by Gasteiger charge is 2.13. The van der Waals surface area contributed by atoms with Gasteiger partial charge in [0.1, 0.15) is 5.82 Å². The van der Waals surface area contributed by atoms with Gasteiger partial charge in [0, 0.05) is 11.3 Å². The molecule has 3 rings (SSSR count). The lowest BCUT2D eigenvalue weighted by Crippen LogP contribution is -2.16. The van der Waals surface area contributed by atoms with Gasteiger partial charge in [-0.3, -0.25) is 4.79 Å². The number of hydrogen-bond acceptors (Lipinski definition) is 4. The molecule has 1 aromatic heterocycles. The molecule has 1 amide bonds. The fourth-order valence-electron chi connectivity index (χ4n) is 2.27. The van der Waals surface area contributed by atoms with E-state index in [0.29, 0.717) is 5.56 Å². The molecule has 0 fully saturated rings. The lowest BCUT2D eigenvalue weighted by atomic mass is 10.1. The number of halogens is 1. The average Bonchev–Trinajstić information content (AvgIpc) is 2.99. The molecule has 122 valence electrons. The van der Waals surface area contributed by atoms with E-state index in [-0.39, 0.29) is 29.9 Å². The molecule has 0 saturated heterocycles. The molecule has 0 aliphatic carbocycles. The van der Waals surface area contributed by atoms with Gasteiger partial charge in [-0.2, -0.15) is 4.98 Å². The van der Waals surface area contributed by atoms with E-state index in [0.717, 1.165) is 16.8 Å². The molecule has 0 aliphatic rings. The lowest BCUT2D eigenvalue weighted by Gasteiger charge is -2.08. The normalized spacial score (nSPS) is 10.6. The van der Waals surface area contributed by atoms with E-state index in [1.165, 1.54) is 12.1 Å². The zero-order chi connectivity index (χ0) is 17.1. The summed E-state index contributed by atoms with van der Waals surface area (Å²) in [6, 6.07) is 11.7. The number of amides is 1. The first-order valence-corrected chi connectivity index (χ1v) is 7.47. The Morgan fingerprint density at radius 2 is 2.04 bits per heavy atom. The number of hydrogen-bond donors (Lipinski definition) is 1. The zero-order valence-corrected chi connectivity index (χ0v) is 13.3. The van der Waals surface area contributed by atoms with Crippen molar-refractivity contribution in [1.29, 1.82) is 0 Å². The molecule has 5 nitrogen and oxygen atoms in total. The highest BCUT2D eigenvalue weighted by Crippen LogP contribution is 2.19. The van der Waals surface area contributed by atoms with Crippen LogP contribution in [-0.2, 0) is 11.2 Å². The Labute approximate surface area is 138 Å². The van der Waals surface area contributed by atoms with Crippen LogP contribution < -0.4 is 5.32 Å². The van der Waals surface area contributed by atoms with Crippen molar-refractivity contribution in [3.63, 3.8) is 0 Å². The molecule has 0 atom stereocenters. The number of aromatic nitrogens is 2. The summed E-state index contributed by atoms with van der Waals surface area (Å²) < 4.78 is 18.3. The molecule has 0 bridgehead atoms. The Morgan fingerprint density at radius 1 is 1.21 bits per heavy atom. The smallest absolute Gasteiger partial charge is 0.258 e. The zero-order valence-electron chi connectivity index (χ0n) is 13.3. The van der Waals surface area contributed by atoms with Gasteiger partial charge in [0.2, 0.25) is 5.91 Å². The van der Waals surface area contributed by atoms with Gasteiger partial charge < -0.3 is 9.84 Å². The monoisotopic (exact) mass is 325 g/mol. The predicted molar refractivity (Wildman–Crippen MR) is 87.9 cm³/mol. The second-order valence-electron chi connectivity index (χ2n) is 5.57. The van der Waals surface area contributed by atoms with Crippen molar-refractivity contribution in [3.8, 4) is 11.5 Å². The maximum atomic E-state index is 13.2. The van der Waals surface area contributed by atoms with Crippen molar-refractivity contribution >= 4 is 11.6 Å². The molecule has 2 aromatic carbocycles. The van der Waals surface area contributed by atoms with Crippen molar-refractivity contribution in [2.24, 2.45) is 0 Å². The van der Waals surface area contributed by atoms with Crippen LogP contribution >= 0.6 is 0 Å². The third kappa shape index (κ3) is 3.65. The highest BCUT2D eigenvalue weighted by atomic mass is 19.1. The van der Waals surface area contributed by atoms with Crippen LogP contribution in [0.5, 0.6) is 0 Å². The number of benzene rings is 2. The van der Waals surface area contributed by atoms with Gasteiger partial charge in [-0.1, -0.05) is 23.4 Å². The van der Waals surface area contributed by atoms with Gasteiger partial charge in [0.25, 0.3) is 5.89 Å². The maximum Gasteiger partial charge on any atom is 0.258 e. The Morgan fingerprint density at radius 3 is 2.83 bits per heavy atom. The third-order valence-electron chi connectivity index (χ3n) is 3.53. The van der Waals surface area contributed by atoms with Gasteiger partial charge in [-0.25, -0.2) is 4.39 Å². The van der Waals surface area contributed by atoms with Crippen molar-refractivity contribution in [1.82, 2.24) is 10.1 Å². The summed E-state index contributed by atoms with van der Waals surface area (Å²) in [6.07, 6.45) is -0.0216. The minimum atomic E-state index is -0.389. The Balaban J connectivity index is 1.70. The molecule has 6 heteroatoms. The van der Waals surface area contributed by atoms with Gasteiger partial charge in [-0.15, -0.1) is 0 Å². The van der Waals surface area contributed by atoms with Crippen LogP contribution in [0.15, 0.2) is 47.0 Å². The van der Waals surface area contributed by atoms with Crippen molar-refractivity contribution < 1.29 is 13.7 Å². The Bertz CT molecular complexity index is 889. The van der Waals surface area contributed by atoms with E-state index in [9.17, 15) is 9.18 Å². The van der Waals surface area contributed by atoms with E-state index in [2.05, 4.69) is 15.5 Å². The fourth-order valence-corrected chi connectivity index (χ4v) is 2.27. The molecular weight excluding hydrogens is 309 g/mol. The van der Waals surface area contributed by atoms with Gasteiger partial charge >= 0.3 is 0 Å².